The highest BCUT2D eigenvalue weighted by molar-refractivity contribution is 7.99. The number of carbonyl (C=O) groups is 3. The van der Waals surface area contributed by atoms with Gasteiger partial charge < -0.3 is 19.8 Å². The molecule has 1 atom stereocenters. The lowest BCUT2D eigenvalue weighted by Gasteiger charge is -2.42. The summed E-state index contributed by atoms with van der Waals surface area (Å²) in [7, 11) is 0. The van der Waals surface area contributed by atoms with E-state index < -0.39 is 11.9 Å². The fourth-order valence-corrected chi connectivity index (χ4v) is 5.86. The van der Waals surface area contributed by atoms with Crippen LogP contribution in [0, 0.1) is 0 Å². The largest absolute Gasteiger partial charge is 0.473 e. The maximum Gasteiger partial charge on any atom is 0.414 e. The number of carboxylic acids is 2. The first-order valence-electron chi connectivity index (χ1n) is 12.0. The molecule has 0 spiro atoms. The Kier molecular flexibility index (Phi) is 9.89. The van der Waals surface area contributed by atoms with Gasteiger partial charge in [0.2, 0.25) is 0 Å². The Bertz CT molecular complexity index is 986. The van der Waals surface area contributed by atoms with E-state index in [1.165, 1.54) is 28.2 Å². The molecule has 2 aromatic carbocycles. The first-order chi connectivity index (χ1) is 16.9. The van der Waals surface area contributed by atoms with Gasteiger partial charge in [-0.05, 0) is 62.5 Å². The second kappa shape index (κ2) is 12.9. The molecular formula is C27H33NO6S. The average molecular weight is 500 g/mol. The average Bonchev–Trinajstić information content (AvgIpc) is 3.38. The fraction of sp³-hybridized carbons (Fsp3) is 0.444. The first kappa shape index (κ1) is 26.9. The number of rotatable bonds is 7. The normalized spacial score (nSPS) is 19.4. The number of aliphatic carboxylic acids is 2. The van der Waals surface area contributed by atoms with E-state index >= 15 is 0 Å². The van der Waals surface area contributed by atoms with Crippen LogP contribution in [0.4, 0.5) is 0 Å². The molecule has 0 radical (unpaired) electrons. The maximum atomic E-state index is 13.3. The number of nitrogens with zero attached hydrogens (tertiary/aromatic N) is 1. The molecule has 0 aromatic heterocycles. The first-order valence-corrected chi connectivity index (χ1v) is 12.8. The molecule has 2 aromatic rings. The number of Topliss-reactive ketones (excluding diaryl/α,β-unsaturated/α-hetero) is 1. The predicted molar refractivity (Wildman–Crippen MR) is 134 cm³/mol. The van der Waals surface area contributed by atoms with Crippen LogP contribution in [-0.2, 0) is 24.5 Å². The van der Waals surface area contributed by atoms with Gasteiger partial charge in [0.25, 0.3) is 0 Å². The highest BCUT2D eigenvalue weighted by Gasteiger charge is 2.43. The molecule has 2 N–H and O–H groups in total. The van der Waals surface area contributed by atoms with Gasteiger partial charge in [0.1, 0.15) is 5.78 Å². The van der Waals surface area contributed by atoms with E-state index in [1.807, 2.05) is 13.0 Å². The van der Waals surface area contributed by atoms with Crippen molar-refractivity contribution in [3.8, 4) is 0 Å². The van der Waals surface area contributed by atoms with E-state index in [-0.39, 0.29) is 5.41 Å². The standard InChI is InChI=1S/C25H31NO2S.C2H2O4/c1-2-24(27)25(14-16-26(17-15-25)19-20-9-8-18-28-20)22-12-6-7-13-23(22)29-21-10-4-3-5-11-21;3-1(4)2(5)6/h3-7,10-13,20H,2,8-9,14-19H2,1H3;(H,3,4)(H,5,6). The van der Waals surface area contributed by atoms with Crippen molar-refractivity contribution in [3.05, 3.63) is 60.2 Å². The molecule has 1 unspecified atom stereocenters. The zero-order valence-corrected chi connectivity index (χ0v) is 20.8. The van der Waals surface area contributed by atoms with Gasteiger partial charge in [-0.3, -0.25) is 4.79 Å². The van der Waals surface area contributed by atoms with Gasteiger partial charge in [-0.15, -0.1) is 0 Å². The van der Waals surface area contributed by atoms with Crippen molar-refractivity contribution in [1.29, 1.82) is 0 Å². The second-order valence-corrected chi connectivity index (χ2v) is 9.93. The van der Waals surface area contributed by atoms with Gasteiger partial charge in [0.15, 0.2) is 0 Å². The number of benzene rings is 2. The van der Waals surface area contributed by atoms with Crippen LogP contribution < -0.4 is 0 Å². The summed E-state index contributed by atoms with van der Waals surface area (Å²) in [6.07, 6.45) is 5.13. The number of carboxylic acid groups (broad SMARTS) is 2. The number of carbonyl (C=O) groups excluding carboxylic acids is 1. The van der Waals surface area contributed by atoms with Crippen LogP contribution in [0.2, 0.25) is 0 Å². The SMILES string of the molecule is CCC(=O)C1(c2ccccc2Sc2ccccc2)CCN(CC2CCCO2)CC1.O=C(O)C(=O)O. The molecule has 4 rings (SSSR count). The van der Waals surface area contributed by atoms with Crippen LogP contribution >= 0.6 is 11.8 Å². The Morgan fingerprint density at radius 1 is 1.00 bits per heavy atom. The third-order valence-electron chi connectivity index (χ3n) is 6.61. The number of hydrogen-bond donors (Lipinski definition) is 2. The van der Waals surface area contributed by atoms with Gasteiger partial charge in [-0.2, -0.15) is 0 Å². The molecule has 0 bridgehead atoms. The molecular weight excluding hydrogens is 466 g/mol. The van der Waals surface area contributed by atoms with Gasteiger partial charge >= 0.3 is 11.9 Å². The van der Waals surface area contributed by atoms with Gasteiger partial charge in [-0.25, -0.2) is 9.59 Å². The molecule has 0 saturated carbocycles. The number of ketones is 1. The van der Waals surface area contributed by atoms with Crippen LogP contribution in [-0.4, -0.2) is 65.2 Å². The van der Waals surface area contributed by atoms with Crippen molar-refractivity contribution < 1.29 is 29.3 Å². The summed E-state index contributed by atoms with van der Waals surface area (Å²) in [5.41, 5.74) is 0.859. The smallest absolute Gasteiger partial charge is 0.414 e. The minimum Gasteiger partial charge on any atom is -0.473 e. The van der Waals surface area contributed by atoms with Gasteiger partial charge in [0, 0.05) is 29.4 Å². The lowest BCUT2D eigenvalue weighted by Crippen LogP contribution is -2.49. The summed E-state index contributed by atoms with van der Waals surface area (Å²) >= 11 is 1.78. The second-order valence-electron chi connectivity index (χ2n) is 8.82. The molecule has 0 amide bonds. The Morgan fingerprint density at radius 2 is 1.63 bits per heavy atom. The topological polar surface area (TPSA) is 104 Å². The minimum atomic E-state index is -1.82. The van der Waals surface area contributed by atoms with E-state index in [1.54, 1.807) is 11.8 Å². The quantitative estimate of drug-likeness (QED) is 0.537. The monoisotopic (exact) mass is 499 g/mol. The molecule has 0 aliphatic carbocycles. The lowest BCUT2D eigenvalue weighted by atomic mass is 9.69. The van der Waals surface area contributed by atoms with Crippen LogP contribution in [0.25, 0.3) is 0 Å². The zero-order chi connectivity index (χ0) is 25.3. The number of piperidine rings is 1. The Labute approximate surface area is 210 Å². The zero-order valence-electron chi connectivity index (χ0n) is 20.0. The van der Waals surface area contributed by atoms with Crippen LogP contribution in [0.5, 0.6) is 0 Å². The number of likely N-dealkylation sites (tertiary alicyclic amines) is 1. The molecule has 35 heavy (non-hydrogen) atoms. The van der Waals surface area contributed by atoms with E-state index in [4.69, 9.17) is 24.5 Å². The molecule has 2 heterocycles. The molecule has 2 fully saturated rings. The molecule has 2 saturated heterocycles. The van der Waals surface area contributed by atoms with Crippen molar-refractivity contribution in [3.63, 3.8) is 0 Å². The summed E-state index contributed by atoms with van der Waals surface area (Å²) in [5, 5.41) is 14.8. The Hall–Kier alpha value is -2.68. The maximum absolute atomic E-state index is 13.3. The van der Waals surface area contributed by atoms with E-state index in [9.17, 15) is 4.79 Å². The molecule has 2 aliphatic rings. The fourth-order valence-electron chi connectivity index (χ4n) is 4.80. The van der Waals surface area contributed by atoms with Gasteiger partial charge in [0.05, 0.1) is 11.5 Å². The predicted octanol–water partition coefficient (Wildman–Crippen LogP) is 4.49. The van der Waals surface area contributed by atoms with Crippen LogP contribution in [0.15, 0.2) is 64.4 Å². The van der Waals surface area contributed by atoms with Crippen molar-refractivity contribution in [2.45, 2.75) is 60.3 Å². The van der Waals surface area contributed by atoms with Crippen molar-refractivity contribution >= 4 is 29.5 Å². The van der Waals surface area contributed by atoms with Crippen molar-refractivity contribution in [2.24, 2.45) is 0 Å². The number of ether oxygens (including phenoxy) is 1. The third kappa shape index (κ3) is 7.16. The molecule has 188 valence electrons. The van der Waals surface area contributed by atoms with Crippen LogP contribution in [0.1, 0.15) is 44.6 Å². The van der Waals surface area contributed by atoms with E-state index in [0.717, 1.165) is 39.1 Å². The highest BCUT2D eigenvalue weighted by Crippen LogP contribution is 2.43. The van der Waals surface area contributed by atoms with Crippen molar-refractivity contribution in [1.82, 2.24) is 4.90 Å². The summed E-state index contributed by atoms with van der Waals surface area (Å²) < 4.78 is 5.83. The lowest BCUT2D eigenvalue weighted by molar-refractivity contribution is -0.159. The van der Waals surface area contributed by atoms with Crippen molar-refractivity contribution in [2.75, 3.05) is 26.2 Å². The third-order valence-corrected chi connectivity index (χ3v) is 7.69. The van der Waals surface area contributed by atoms with E-state index in [0.29, 0.717) is 18.3 Å². The van der Waals surface area contributed by atoms with Crippen LogP contribution in [0.3, 0.4) is 0 Å². The molecule has 8 heteroatoms. The summed E-state index contributed by atoms with van der Waals surface area (Å²) in [6.45, 7) is 5.86. The minimum absolute atomic E-state index is 0.361. The molecule has 7 nitrogen and oxygen atoms in total. The summed E-state index contributed by atoms with van der Waals surface area (Å²) in [4.78, 5) is 36.4. The number of hydrogen-bond acceptors (Lipinski definition) is 6. The van der Waals surface area contributed by atoms with Gasteiger partial charge in [-0.1, -0.05) is 55.1 Å². The highest BCUT2D eigenvalue weighted by atomic mass is 32.2. The Balaban J connectivity index is 0.000000509. The Morgan fingerprint density at radius 3 is 2.20 bits per heavy atom. The van der Waals surface area contributed by atoms with E-state index in [2.05, 4.69) is 53.4 Å². The summed E-state index contributed by atoms with van der Waals surface area (Å²) in [5.74, 6) is -3.26. The summed E-state index contributed by atoms with van der Waals surface area (Å²) in [6, 6.07) is 19.0. The molecule has 2 aliphatic heterocycles.